The number of hydrogen-bond acceptors (Lipinski definition) is 3. The van der Waals surface area contributed by atoms with Gasteiger partial charge in [0.05, 0.1) is 5.01 Å². The molecule has 0 unspecified atom stereocenters. The molecule has 1 aliphatic rings. The number of nitrogens with one attached hydrogen (secondary N) is 1. The Balaban J connectivity index is 2.00. The minimum Gasteiger partial charge on any atom is -0.356 e. The van der Waals surface area contributed by atoms with Crippen molar-refractivity contribution in [3.63, 3.8) is 0 Å². The van der Waals surface area contributed by atoms with Crippen LogP contribution >= 0.6 is 11.3 Å². The molecular weight excluding hydrogens is 280 g/mol. The molecule has 0 aliphatic carbocycles. The second-order valence-corrected chi connectivity index (χ2v) is 8.20. The lowest BCUT2D eigenvalue weighted by Gasteiger charge is -2.62. The van der Waals surface area contributed by atoms with Crippen LogP contribution in [0.1, 0.15) is 44.5 Å². The molecule has 1 saturated heterocycles. The standard InChI is InChI=1S/C16H28N4S/c1-7-17-14(20-11-15(3,4)16(20,5)6)18-9-8-13-19-10-12(2)21-13/h10H,7-9,11H2,1-6H3,(H,17,18). The van der Waals surface area contributed by atoms with Gasteiger partial charge in [-0.15, -0.1) is 11.3 Å². The zero-order valence-corrected chi connectivity index (χ0v) is 15.0. The third-order valence-electron chi connectivity index (χ3n) is 4.73. The molecule has 2 rings (SSSR count). The van der Waals surface area contributed by atoms with Crippen LogP contribution in [0.5, 0.6) is 0 Å². The Bertz CT molecular complexity index is 516. The van der Waals surface area contributed by atoms with Crippen molar-refractivity contribution in [3.05, 3.63) is 16.1 Å². The van der Waals surface area contributed by atoms with Crippen LogP contribution in [0.2, 0.25) is 0 Å². The fraction of sp³-hybridized carbons (Fsp3) is 0.750. The molecule has 0 spiro atoms. The molecule has 1 fully saturated rings. The zero-order chi connectivity index (χ0) is 15.7. The molecule has 5 heteroatoms. The maximum Gasteiger partial charge on any atom is 0.194 e. The number of likely N-dealkylation sites (tertiary alicyclic amines) is 1. The summed E-state index contributed by atoms with van der Waals surface area (Å²) in [5.74, 6) is 1.04. The highest BCUT2D eigenvalue weighted by Gasteiger charge is 2.53. The highest BCUT2D eigenvalue weighted by Crippen LogP contribution is 2.46. The van der Waals surface area contributed by atoms with Gasteiger partial charge in [0.1, 0.15) is 0 Å². The molecule has 0 aromatic carbocycles. The maximum atomic E-state index is 4.80. The van der Waals surface area contributed by atoms with Crippen molar-refractivity contribution in [2.45, 2.75) is 53.5 Å². The number of nitrogens with zero attached hydrogens (tertiary/aromatic N) is 3. The lowest BCUT2D eigenvalue weighted by Crippen LogP contribution is -2.72. The summed E-state index contributed by atoms with van der Waals surface area (Å²) in [6.45, 7) is 16.2. The van der Waals surface area contributed by atoms with Gasteiger partial charge in [-0.05, 0) is 27.7 Å². The van der Waals surface area contributed by atoms with Crippen molar-refractivity contribution in [1.29, 1.82) is 0 Å². The molecule has 1 N–H and O–H groups in total. The molecule has 0 amide bonds. The Morgan fingerprint density at radius 1 is 1.43 bits per heavy atom. The van der Waals surface area contributed by atoms with Gasteiger partial charge in [-0.2, -0.15) is 0 Å². The van der Waals surface area contributed by atoms with Gasteiger partial charge in [-0.1, -0.05) is 13.8 Å². The second kappa shape index (κ2) is 5.95. The van der Waals surface area contributed by atoms with Crippen LogP contribution < -0.4 is 5.32 Å². The van der Waals surface area contributed by atoms with Crippen LogP contribution in [0.15, 0.2) is 11.2 Å². The highest BCUT2D eigenvalue weighted by atomic mass is 32.1. The van der Waals surface area contributed by atoms with E-state index in [4.69, 9.17) is 4.99 Å². The minimum atomic E-state index is 0.145. The predicted molar refractivity (Wildman–Crippen MR) is 91.1 cm³/mol. The Hall–Kier alpha value is -1.10. The lowest BCUT2D eigenvalue weighted by molar-refractivity contribution is -0.0667. The Morgan fingerprint density at radius 3 is 2.62 bits per heavy atom. The topological polar surface area (TPSA) is 40.5 Å². The van der Waals surface area contributed by atoms with Crippen molar-refractivity contribution in [1.82, 2.24) is 15.2 Å². The SMILES string of the molecule is CCNC(=NCCc1ncc(C)s1)N1CC(C)(C)C1(C)C. The predicted octanol–water partition coefficient (Wildman–Crippen LogP) is 3.08. The van der Waals surface area contributed by atoms with E-state index in [0.29, 0.717) is 5.41 Å². The van der Waals surface area contributed by atoms with E-state index in [2.05, 4.69) is 56.7 Å². The van der Waals surface area contributed by atoms with E-state index in [1.165, 1.54) is 9.88 Å². The van der Waals surface area contributed by atoms with E-state index < -0.39 is 0 Å². The maximum absolute atomic E-state index is 4.80. The van der Waals surface area contributed by atoms with Crippen LogP contribution in [-0.4, -0.2) is 41.0 Å². The normalized spacial score (nSPS) is 20.3. The summed E-state index contributed by atoms with van der Waals surface area (Å²) in [7, 11) is 0. The van der Waals surface area contributed by atoms with Crippen LogP contribution in [0.25, 0.3) is 0 Å². The molecule has 118 valence electrons. The first-order chi connectivity index (χ1) is 9.78. The van der Waals surface area contributed by atoms with Crippen LogP contribution in [0, 0.1) is 12.3 Å². The quantitative estimate of drug-likeness (QED) is 0.686. The molecule has 21 heavy (non-hydrogen) atoms. The summed E-state index contributed by atoms with van der Waals surface area (Å²) < 4.78 is 0. The smallest absolute Gasteiger partial charge is 0.194 e. The average molecular weight is 308 g/mol. The molecule has 1 aliphatic heterocycles. The molecule has 4 nitrogen and oxygen atoms in total. The van der Waals surface area contributed by atoms with Crippen molar-refractivity contribution in [2.75, 3.05) is 19.6 Å². The molecule has 0 radical (unpaired) electrons. The summed E-state index contributed by atoms with van der Waals surface area (Å²) >= 11 is 1.77. The van der Waals surface area contributed by atoms with E-state index in [1.807, 2.05) is 6.20 Å². The number of aromatic nitrogens is 1. The molecule has 0 saturated carbocycles. The summed E-state index contributed by atoms with van der Waals surface area (Å²) in [6, 6.07) is 0. The third-order valence-corrected chi connectivity index (χ3v) is 5.70. The zero-order valence-electron chi connectivity index (χ0n) is 14.2. The van der Waals surface area contributed by atoms with Gasteiger partial charge in [0.2, 0.25) is 0 Å². The Morgan fingerprint density at radius 2 is 2.14 bits per heavy atom. The number of aliphatic imine (C=N–C) groups is 1. The van der Waals surface area contributed by atoms with Gasteiger partial charge < -0.3 is 10.2 Å². The Labute approximate surface area is 132 Å². The lowest BCUT2D eigenvalue weighted by atomic mass is 9.65. The van der Waals surface area contributed by atoms with Gasteiger partial charge >= 0.3 is 0 Å². The second-order valence-electron chi connectivity index (χ2n) is 6.88. The van der Waals surface area contributed by atoms with E-state index in [1.54, 1.807) is 11.3 Å². The monoisotopic (exact) mass is 308 g/mol. The van der Waals surface area contributed by atoms with E-state index in [9.17, 15) is 0 Å². The molecule has 0 bridgehead atoms. The van der Waals surface area contributed by atoms with Gasteiger partial charge in [0.25, 0.3) is 0 Å². The molecule has 0 atom stereocenters. The number of thiazole rings is 1. The Kier molecular flexibility index (Phi) is 4.61. The van der Waals surface area contributed by atoms with E-state index in [0.717, 1.165) is 32.0 Å². The summed E-state index contributed by atoms with van der Waals surface area (Å²) in [5.41, 5.74) is 0.474. The molecule has 1 aromatic heterocycles. The third kappa shape index (κ3) is 3.23. The van der Waals surface area contributed by atoms with E-state index >= 15 is 0 Å². The van der Waals surface area contributed by atoms with Gasteiger partial charge in [-0.25, -0.2) is 4.98 Å². The number of aryl methyl sites for hydroxylation is 1. The van der Waals surface area contributed by atoms with Crippen molar-refractivity contribution >= 4 is 17.3 Å². The highest BCUT2D eigenvalue weighted by molar-refractivity contribution is 7.11. The summed E-state index contributed by atoms with van der Waals surface area (Å²) in [6.07, 6.45) is 2.86. The first-order valence-corrected chi connectivity index (χ1v) is 8.57. The molecular formula is C16H28N4S. The minimum absolute atomic E-state index is 0.145. The summed E-state index contributed by atoms with van der Waals surface area (Å²) in [4.78, 5) is 12.9. The molecule has 1 aromatic rings. The van der Waals surface area contributed by atoms with E-state index in [-0.39, 0.29) is 5.54 Å². The van der Waals surface area contributed by atoms with Crippen molar-refractivity contribution in [2.24, 2.45) is 10.4 Å². The van der Waals surface area contributed by atoms with Gasteiger partial charge in [-0.3, -0.25) is 4.99 Å². The van der Waals surface area contributed by atoms with Crippen LogP contribution in [-0.2, 0) is 6.42 Å². The van der Waals surface area contributed by atoms with Crippen molar-refractivity contribution in [3.8, 4) is 0 Å². The summed E-state index contributed by atoms with van der Waals surface area (Å²) in [5, 5.41) is 4.60. The van der Waals surface area contributed by atoms with Gasteiger partial charge in [0, 0.05) is 48.1 Å². The number of guanidine groups is 1. The average Bonchev–Trinajstić information content (AvgIpc) is 2.81. The largest absolute Gasteiger partial charge is 0.356 e. The van der Waals surface area contributed by atoms with Crippen LogP contribution in [0.3, 0.4) is 0 Å². The fourth-order valence-corrected chi connectivity index (χ4v) is 3.35. The number of rotatable bonds is 4. The first-order valence-electron chi connectivity index (χ1n) is 7.75. The molecule has 2 heterocycles. The fourth-order valence-electron chi connectivity index (χ4n) is 2.57. The first kappa shape index (κ1) is 16.3. The van der Waals surface area contributed by atoms with Gasteiger partial charge in [0.15, 0.2) is 5.96 Å². The van der Waals surface area contributed by atoms with Crippen molar-refractivity contribution < 1.29 is 0 Å². The number of hydrogen-bond donors (Lipinski definition) is 1. The van der Waals surface area contributed by atoms with Crippen LogP contribution in [0.4, 0.5) is 0 Å².